The van der Waals surface area contributed by atoms with Gasteiger partial charge in [-0.2, -0.15) is 0 Å². The number of anilines is 1. The number of imide groups is 1. The Hall–Kier alpha value is -5.88. The lowest BCUT2D eigenvalue weighted by atomic mass is 10.1. The number of para-hydroxylation sites is 1. The maximum Gasteiger partial charge on any atom is 0.268 e. The fourth-order valence-electron chi connectivity index (χ4n) is 5.98. The molecule has 0 bridgehead atoms. The molecule has 2 aromatic heterocycles. The van der Waals surface area contributed by atoms with Crippen molar-refractivity contribution in [3.63, 3.8) is 0 Å². The van der Waals surface area contributed by atoms with Crippen LogP contribution in [-0.4, -0.2) is 26.3 Å². The summed E-state index contributed by atoms with van der Waals surface area (Å²) in [6, 6.07) is 37.4. The first-order chi connectivity index (χ1) is 20.7. The summed E-state index contributed by atoms with van der Waals surface area (Å²) < 4.78 is 2.09. The van der Waals surface area contributed by atoms with Crippen molar-refractivity contribution in [2.24, 2.45) is 0 Å². The minimum Gasteiger partial charge on any atom is -0.308 e. The lowest BCUT2D eigenvalue weighted by Gasteiger charge is -2.15. The molecule has 0 spiro atoms. The van der Waals surface area contributed by atoms with E-state index in [1.807, 2.05) is 84.9 Å². The average molecular weight is 543 g/mol. The summed E-state index contributed by atoms with van der Waals surface area (Å²) in [5, 5.41) is 2.11. The molecule has 1 aliphatic rings. The van der Waals surface area contributed by atoms with E-state index in [0.717, 1.165) is 44.1 Å². The van der Waals surface area contributed by atoms with E-state index in [2.05, 4.69) is 38.8 Å². The summed E-state index contributed by atoms with van der Waals surface area (Å²) in [6.07, 6.45) is 5.07. The molecule has 0 N–H and O–H groups in total. The van der Waals surface area contributed by atoms with Gasteiger partial charge in [-0.05, 0) is 53.1 Å². The highest BCUT2D eigenvalue weighted by atomic mass is 16.2. The smallest absolute Gasteiger partial charge is 0.268 e. The third-order valence-corrected chi connectivity index (χ3v) is 7.93. The van der Waals surface area contributed by atoms with Crippen molar-refractivity contribution in [1.82, 2.24) is 14.5 Å². The maximum absolute atomic E-state index is 14.1. The van der Waals surface area contributed by atoms with E-state index >= 15 is 0 Å². The SMILES string of the molecule is O=C1c2cccc(-n3c4ccccc4c4ccc(-c5cncnc5)cc43)c2C(=O)N1c1ccc(-c2ccccc2)cc1. The normalized spacial score (nSPS) is 12.8. The van der Waals surface area contributed by atoms with E-state index < -0.39 is 0 Å². The van der Waals surface area contributed by atoms with Crippen molar-refractivity contribution in [2.75, 3.05) is 4.90 Å². The Labute approximate surface area is 241 Å². The molecule has 0 saturated carbocycles. The van der Waals surface area contributed by atoms with E-state index in [4.69, 9.17) is 0 Å². The number of aromatic nitrogens is 3. The molecule has 6 nitrogen and oxygen atoms in total. The zero-order valence-corrected chi connectivity index (χ0v) is 22.3. The van der Waals surface area contributed by atoms with Gasteiger partial charge in [-0.25, -0.2) is 14.9 Å². The molecule has 0 aliphatic carbocycles. The van der Waals surface area contributed by atoms with E-state index in [-0.39, 0.29) is 11.8 Å². The Balaban J connectivity index is 1.29. The zero-order chi connectivity index (χ0) is 28.2. The maximum atomic E-state index is 14.1. The van der Waals surface area contributed by atoms with Gasteiger partial charge in [0.1, 0.15) is 6.33 Å². The highest BCUT2D eigenvalue weighted by molar-refractivity contribution is 6.35. The molecule has 42 heavy (non-hydrogen) atoms. The first-order valence-corrected chi connectivity index (χ1v) is 13.7. The van der Waals surface area contributed by atoms with Crippen LogP contribution in [0.15, 0.2) is 134 Å². The molecule has 5 aromatic carbocycles. The molecule has 2 amide bonds. The first kappa shape index (κ1) is 24.0. The summed E-state index contributed by atoms with van der Waals surface area (Å²) in [4.78, 5) is 37.5. The van der Waals surface area contributed by atoms with Gasteiger partial charge in [-0.3, -0.25) is 9.59 Å². The largest absolute Gasteiger partial charge is 0.308 e. The van der Waals surface area contributed by atoms with Crippen LogP contribution in [-0.2, 0) is 0 Å². The number of fused-ring (bicyclic) bond motifs is 4. The summed E-state index contributed by atoms with van der Waals surface area (Å²) in [5.74, 6) is -0.663. The van der Waals surface area contributed by atoms with Crippen molar-refractivity contribution in [3.05, 3.63) is 145 Å². The summed E-state index contributed by atoms with van der Waals surface area (Å²) >= 11 is 0. The average Bonchev–Trinajstić information content (AvgIpc) is 3.52. The van der Waals surface area contributed by atoms with Crippen molar-refractivity contribution < 1.29 is 9.59 Å². The van der Waals surface area contributed by atoms with Crippen LogP contribution < -0.4 is 4.90 Å². The number of carbonyl (C=O) groups is 2. The zero-order valence-electron chi connectivity index (χ0n) is 22.3. The molecule has 1 aliphatic heterocycles. The van der Waals surface area contributed by atoms with Crippen LogP contribution in [0.1, 0.15) is 20.7 Å². The number of rotatable bonds is 4. The Morgan fingerprint density at radius 3 is 2.02 bits per heavy atom. The van der Waals surface area contributed by atoms with E-state index in [1.165, 1.54) is 11.2 Å². The molecule has 3 heterocycles. The van der Waals surface area contributed by atoms with Crippen molar-refractivity contribution in [3.8, 4) is 27.9 Å². The van der Waals surface area contributed by atoms with Crippen molar-refractivity contribution in [1.29, 1.82) is 0 Å². The first-order valence-electron chi connectivity index (χ1n) is 13.7. The van der Waals surface area contributed by atoms with Crippen LogP contribution in [0.2, 0.25) is 0 Å². The molecule has 6 heteroatoms. The Kier molecular flexibility index (Phi) is 5.34. The molecule has 8 rings (SSSR count). The van der Waals surface area contributed by atoms with Gasteiger partial charge >= 0.3 is 0 Å². The minimum absolute atomic E-state index is 0.327. The molecular weight excluding hydrogens is 520 g/mol. The third-order valence-electron chi connectivity index (χ3n) is 7.93. The van der Waals surface area contributed by atoms with E-state index in [9.17, 15) is 9.59 Å². The molecule has 0 saturated heterocycles. The molecule has 7 aromatic rings. The summed E-state index contributed by atoms with van der Waals surface area (Å²) in [5.41, 5.74) is 7.82. The number of carbonyl (C=O) groups excluding carboxylic acids is 2. The summed E-state index contributed by atoms with van der Waals surface area (Å²) in [7, 11) is 0. The predicted molar refractivity (Wildman–Crippen MR) is 165 cm³/mol. The number of nitrogens with zero attached hydrogens (tertiary/aromatic N) is 4. The number of amides is 2. The van der Waals surface area contributed by atoms with E-state index in [0.29, 0.717) is 22.5 Å². The molecule has 0 radical (unpaired) electrons. The standard InChI is InChI=1S/C36H22N4O2/c41-35-30-10-6-12-32(34(30)36(42)39(35)27-16-13-24(14-17-27)23-7-2-1-3-8-23)40-31-11-5-4-9-28(31)29-18-15-25(19-33(29)40)26-20-37-22-38-21-26/h1-22H. The fourth-order valence-corrected chi connectivity index (χ4v) is 5.98. The second kappa shape index (κ2) is 9.35. The van der Waals surface area contributed by atoms with Crippen LogP contribution in [0.3, 0.4) is 0 Å². The molecule has 0 atom stereocenters. The molecule has 198 valence electrons. The highest BCUT2D eigenvalue weighted by Gasteiger charge is 2.39. The van der Waals surface area contributed by atoms with Crippen molar-refractivity contribution in [2.45, 2.75) is 0 Å². The molecular formula is C36H22N4O2. The van der Waals surface area contributed by atoms with Crippen LogP contribution in [0.25, 0.3) is 49.7 Å². The van der Waals surface area contributed by atoms with Crippen LogP contribution >= 0.6 is 0 Å². The minimum atomic E-state index is -0.336. The predicted octanol–water partition coefficient (Wildman–Crippen LogP) is 7.71. The van der Waals surface area contributed by atoms with Gasteiger partial charge in [0.15, 0.2) is 0 Å². The van der Waals surface area contributed by atoms with Gasteiger partial charge < -0.3 is 4.57 Å². The van der Waals surface area contributed by atoms with Gasteiger partial charge in [-0.15, -0.1) is 0 Å². The molecule has 0 unspecified atom stereocenters. The van der Waals surface area contributed by atoms with Crippen LogP contribution in [0, 0.1) is 0 Å². The Bertz CT molecular complexity index is 2170. The lowest BCUT2D eigenvalue weighted by Crippen LogP contribution is -2.29. The topological polar surface area (TPSA) is 68.1 Å². The number of hydrogen-bond donors (Lipinski definition) is 0. The number of benzene rings is 5. The van der Waals surface area contributed by atoms with Gasteiger partial charge in [0.25, 0.3) is 11.8 Å². The van der Waals surface area contributed by atoms with Crippen molar-refractivity contribution >= 4 is 39.3 Å². The fraction of sp³-hybridized carbons (Fsp3) is 0. The van der Waals surface area contributed by atoms with Gasteiger partial charge in [-0.1, -0.05) is 78.9 Å². The van der Waals surface area contributed by atoms with E-state index in [1.54, 1.807) is 18.5 Å². The third kappa shape index (κ3) is 3.59. The van der Waals surface area contributed by atoms with Crippen LogP contribution in [0.5, 0.6) is 0 Å². The highest BCUT2D eigenvalue weighted by Crippen LogP contribution is 2.39. The monoisotopic (exact) mass is 542 g/mol. The Morgan fingerprint density at radius 2 is 1.21 bits per heavy atom. The van der Waals surface area contributed by atoms with Crippen LogP contribution in [0.4, 0.5) is 5.69 Å². The Morgan fingerprint density at radius 1 is 0.524 bits per heavy atom. The van der Waals surface area contributed by atoms with Gasteiger partial charge in [0, 0.05) is 28.7 Å². The lowest BCUT2D eigenvalue weighted by molar-refractivity contribution is 0.0926. The second-order valence-corrected chi connectivity index (χ2v) is 10.3. The summed E-state index contributed by atoms with van der Waals surface area (Å²) in [6.45, 7) is 0. The van der Waals surface area contributed by atoms with Gasteiger partial charge in [0.05, 0.1) is 33.5 Å². The second-order valence-electron chi connectivity index (χ2n) is 10.3. The quantitative estimate of drug-likeness (QED) is 0.214. The molecule has 0 fully saturated rings. The number of hydrogen-bond acceptors (Lipinski definition) is 4. The van der Waals surface area contributed by atoms with Gasteiger partial charge in [0.2, 0.25) is 0 Å².